The van der Waals surface area contributed by atoms with Crippen molar-refractivity contribution in [2.75, 3.05) is 0 Å². The molecule has 1 aromatic carbocycles. The molecule has 0 heterocycles. The maximum absolute atomic E-state index is 13.2. The van der Waals surface area contributed by atoms with Crippen LogP contribution in [0.15, 0.2) is 28.7 Å². The first kappa shape index (κ1) is 10.2. The molecule has 0 unspecified atom stereocenters. The van der Waals surface area contributed by atoms with E-state index in [4.69, 9.17) is 0 Å². The van der Waals surface area contributed by atoms with E-state index in [0.717, 1.165) is 4.47 Å². The van der Waals surface area contributed by atoms with Crippen LogP contribution in [-0.2, 0) is 4.79 Å². The van der Waals surface area contributed by atoms with E-state index < -0.39 is 6.30 Å². The van der Waals surface area contributed by atoms with E-state index in [1.54, 1.807) is 24.3 Å². The van der Waals surface area contributed by atoms with Crippen LogP contribution in [0.4, 0.5) is 4.39 Å². The minimum absolute atomic E-state index is 0.379. The van der Waals surface area contributed by atoms with Gasteiger partial charge in [-0.1, -0.05) is 28.1 Å². The smallest absolute Gasteiger partial charge is 0.219 e. The van der Waals surface area contributed by atoms with Crippen LogP contribution in [-0.4, -0.2) is 5.91 Å². The molecule has 70 valence electrons. The van der Waals surface area contributed by atoms with Crippen LogP contribution in [0.5, 0.6) is 0 Å². The average Bonchev–Trinajstić information content (AvgIpc) is 2.04. The summed E-state index contributed by atoms with van der Waals surface area (Å²) in [6, 6.07) is 6.68. The predicted molar refractivity (Wildman–Crippen MR) is 51.8 cm³/mol. The largest absolute Gasteiger partial charge is 0.323 e. The van der Waals surface area contributed by atoms with Crippen molar-refractivity contribution in [1.82, 2.24) is 5.32 Å². The molecule has 0 radical (unpaired) electrons. The van der Waals surface area contributed by atoms with E-state index in [9.17, 15) is 9.18 Å². The minimum atomic E-state index is -1.43. The van der Waals surface area contributed by atoms with Crippen LogP contribution in [0, 0.1) is 0 Å². The summed E-state index contributed by atoms with van der Waals surface area (Å²) in [5.41, 5.74) is 0.443. The van der Waals surface area contributed by atoms with Gasteiger partial charge < -0.3 is 5.32 Å². The second-order valence-corrected chi connectivity index (χ2v) is 3.53. The van der Waals surface area contributed by atoms with Gasteiger partial charge in [0.05, 0.1) is 0 Å². The summed E-state index contributed by atoms with van der Waals surface area (Å²) in [7, 11) is 0. The number of rotatable bonds is 2. The summed E-state index contributed by atoms with van der Waals surface area (Å²) in [5, 5.41) is 2.16. The molecule has 1 atom stereocenters. The number of halogens is 2. The van der Waals surface area contributed by atoms with Crippen LogP contribution in [0.2, 0.25) is 0 Å². The van der Waals surface area contributed by atoms with Crippen molar-refractivity contribution in [1.29, 1.82) is 0 Å². The van der Waals surface area contributed by atoms with Crippen LogP contribution in [0.25, 0.3) is 0 Å². The van der Waals surface area contributed by atoms with E-state index in [1.165, 1.54) is 6.92 Å². The topological polar surface area (TPSA) is 29.1 Å². The Labute approximate surface area is 84.3 Å². The summed E-state index contributed by atoms with van der Waals surface area (Å²) >= 11 is 3.24. The Morgan fingerprint density at radius 2 is 2.00 bits per heavy atom. The second-order valence-electron chi connectivity index (χ2n) is 2.61. The monoisotopic (exact) mass is 245 g/mol. The van der Waals surface area contributed by atoms with Crippen LogP contribution in [0.1, 0.15) is 18.8 Å². The quantitative estimate of drug-likeness (QED) is 0.798. The van der Waals surface area contributed by atoms with Crippen molar-refractivity contribution >= 4 is 21.8 Å². The molecule has 0 aromatic heterocycles. The van der Waals surface area contributed by atoms with Crippen molar-refractivity contribution in [3.63, 3.8) is 0 Å². The van der Waals surface area contributed by atoms with Gasteiger partial charge in [-0.15, -0.1) is 0 Å². The Morgan fingerprint density at radius 3 is 2.46 bits per heavy atom. The van der Waals surface area contributed by atoms with Gasteiger partial charge in [-0.3, -0.25) is 4.79 Å². The van der Waals surface area contributed by atoms with E-state index in [1.807, 2.05) is 0 Å². The number of carbonyl (C=O) groups is 1. The van der Waals surface area contributed by atoms with Gasteiger partial charge in [0.2, 0.25) is 5.91 Å². The highest BCUT2D eigenvalue weighted by Gasteiger charge is 2.09. The molecule has 0 fully saturated rings. The molecule has 0 spiro atoms. The average molecular weight is 246 g/mol. The first-order valence-electron chi connectivity index (χ1n) is 3.76. The molecular formula is C9H9BrFNO. The van der Waals surface area contributed by atoms with Crippen LogP contribution >= 0.6 is 15.9 Å². The predicted octanol–water partition coefficient (Wildman–Crippen LogP) is 2.55. The fraction of sp³-hybridized carbons (Fsp3) is 0.222. The van der Waals surface area contributed by atoms with Gasteiger partial charge in [0.15, 0.2) is 6.30 Å². The Morgan fingerprint density at radius 1 is 1.46 bits per heavy atom. The first-order chi connectivity index (χ1) is 6.09. The van der Waals surface area contributed by atoms with Crippen molar-refractivity contribution in [2.24, 2.45) is 0 Å². The van der Waals surface area contributed by atoms with Gasteiger partial charge in [0.1, 0.15) is 0 Å². The zero-order valence-electron chi connectivity index (χ0n) is 7.05. The summed E-state index contributed by atoms with van der Waals surface area (Å²) in [5.74, 6) is -0.379. The Kier molecular flexibility index (Phi) is 3.42. The molecular weight excluding hydrogens is 237 g/mol. The van der Waals surface area contributed by atoms with E-state index in [0.29, 0.717) is 5.56 Å². The fourth-order valence-corrected chi connectivity index (χ4v) is 1.16. The van der Waals surface area contributed by atoms with E-state index >= 15 is 0 Å². The summed E-state index contributed by atoms with van der Waals surface area (Å²) in [6.45, 7) is 1.28. The second kappa shape index (κ2) is 4.37. The van der Waals surface area contributed by atoms with Crippen LogP contribution < -0.4 is 5.32 Å². The number of nitrogens with one attached hydrogen (secondary N) is 1. The third kappa shape index (κ3) is 3.14. The standard InChI is InChI=1S/C9H9BrFNO/c1-6(13)12-9(11)7-2-4-8(10)5-3-7/h2-5,9H,1H3,(H,12,13)/t9-/m1/s1. The molecule has 0 saturated carbocycles. The van der Waals surface area contributed by atoms with Crippen LogP contribution in [0.3, 0.4) is 0 Å². The fourth-order valence-electron chi connectivity index (χ4n) is 0.894. The molecule has 0 bridgehead atoms. The lowest BCUT2D eigenvalue weighted by molar-refractivity contribution is -0.120. The number of alkyl halides is 1. The maximum Gasteiger partial charge on any atom is 0.219 e. The lowest BCUT2D eigenvalue weighted by atomic mass is 10.2. The summed E-state index contributed by atoms with van der Waals surface area (Å²) < 4.78 is 14.1. The Hall–Kier alpha value is -0.900. The summed E-state index contributed by atoms with van der Waals surface area (Å²) in [6.07, 6.45) is -1.43. The van der Waals surface area contributed by atoms with Gasteiger partial charge in [-0.05, 0) is 12.1 Å². The Balaban J connectivity index is 2.71. The number of amides is 1. The van der Waals surface area contributed by atoms with Gasteiger partial charge in [0.25, 0.3) is 0 Å². The zero-order valence-corrected chi connectivity index (χ0v) is 8.64. The third-order valence-corrected chi connectivity index (χ3v) is 2.02. The summed E-state index contributed by atoms with van der Waals surface area (Å²) in [4.78, 5) is 10.5. The molecule has 1 aromatic rings. The van der Waals surface area contributed by atoms with E-state index in [2.05, 4.69) is 21.2 Å². The molecule has 0 aliphatic heterocycles. The van der Waals surface area contributed by atoms with Gasteiger partial charge in [0, 0.05) is 17.0 Å². The first-order valence-corrected chi connectivity index (χ1v) is 4.55. The molecule has 2 nitrogen and oxygen atoms in total. The molecule has 1 amide bonds. The molecule has 1 N–H and O–H groups in total. The number of hydrogen-bond acceptors (Lipinski definition) is 1. The van der Waals surface area contributed by atoms with E-state index in [-0.39, 0.29) is 5.91 Å². The van der Waals surface area contributed by atoms with Crippen molar-refractivity contribution in [2.45, 2.75) is 13.2 Å². The molecule has 13 heavy (non-hydrogen) atoms. The highest BCUT2D eigenvalue weighted by molar-refractivity contribution is 9.10. The molecule has 0 saturated heterocycles. The molecule has 4 heteroatoms. The zero-order chi connectivity index (χ0) is 9.84. The maximum atomic E-state index is 13.2. The highest BCUT2D eigenvalue weighted by Crippen LogP contribution is 2.17. The van der Waals surface area contributed by atoms with Gasteiger partial charge in [-0.25, -0.2) is 4.39 Å². The molecule has 0 aliphatic carbocycles. The normalized spacial score (nSPS) is 12.2. The number of benzene rings is 1. The molecule has 0 aliphatic rings. The number of hydrogen-bond donors (Lipinski definition) is 1. The van der Waals surface area contributed by atoms with Crippen molar-refractivity contribution in [3.05, 3.63) is 34.3 Å². The highest BCUT2D eigenvalue weighted by atomic mass is 79.9. The van der Waals surface area contributed by atoms with Crippen molar-refractivity contribution < 1.29 is 9.18 Å². The molecule has 1 rings (SSSR count). The van der Waals surface area contributed by atoms with Gasteiger partial charge in [-0.2, -0.15) is 0 Å². The van der Waals surface area contributed by atoms with Crippen molar-refractivity contribution in [3.8, 4) is 0 Å². The minimum Gasteiger partial charge on any atom is -0.323 e. The number of carbonyl (C=O) groups excluding carboxylic acids is 1. The lowest BCUT2D eigenvalue weighted by Crippen LogP contribution is -2.22. The Bertz CT molecular complexity index is 299. The van der Waals surface area contributed by atoms with Gasteiger partial charge >= 0.3 is 0 Å². The third-order valence-electron chi connectivity index (χ3n) is 1.49. The lowest BCUT2D eigenvalue weighted by Gasteiger charge is -2.08. The SMILES string of the molecule is CC(=O)N[C@@H](F)c1ccc(Br)cc1.